The van der Waals surface area contributed by atoms with Gasteiger partial charge in [0.25, 0.3) is 5.97 Å². The second-order valence-corrected chi connectivity index (χ2v) is 0.519. The van der Waals surface area contributed by atoms with Crippen LogP contribution in [0.3, 0.4) is 0 Å². The number of carboxylic acids is 1. The first-order valence-corrected chi connectivity index (χ1v) is 0.928. The van der Waals surface area contributed by atoms with E-state index in [1.54, 1.807) is 0 Å². The quantitative estimate of drug-likeness (QED) is 0.366. The number of aliphatic carboxylic acids is 1. The molecule has 0 aliphatic rings. The van der Waals surface area contributed by atoms with Crippen LogP contribution in [0.15, 0.2) is 0 Å². The summed E-state index contributed by atoms with van der Waals surface area (Å²) in [6.45, 7) is 1.08. The Morgan fingerprint density at radius 3 is 1.43 bits per heavy atom. The predicted molar refractivity (Wildman–Crippen MR) is 27.7 cm³/mol. The Kier molecular flexibility index (Phi) is 60.6. The summed E-state index contributed by atoms with van der Waals surface area (Å²) < 4.78 is 0. The molecule has 0 atom stereocenters. The molecule has 42 valence electrons. The van der Waals surface area contributed by atoms with E-state index in [9.17, 15) is 0 Å². The number of carboxylic acid groups (broad SMARTS) is 1. The van der Waals surface area contributed by atoms with Crippen LogP contribution < -0.4 is 0 Å². The number of hydrogen-bond donors (Lipinski definition) is 1. The molecular weight excluding hydrogens is 111 g/mol. The summed E-state index contributed by atoms with van der Waals surface area (Å²) in [5.41, 5.74) is 0. The molecule has 5 heteroatoms. The summed E-state index contributed by atoms with van der Waals surface area (Å²) >= 11 is 0. The molecule has 0 spiro atoms. The molecule has 5 N–H and O–H groups in total. The zero-order valence-electron chi connectivity index (χ0n) is 3.36. The Hall–Kier alpha value is 0.390. The van der Waals surface area contributed by atoms with E-state index >= 15 is 0 Å². The van der Waals surface area contributed by atoms with E-state index in [2.05, 4.69) is 0 Å². The Labute approximate surface area is 63.4 Å². The first-order valence-electron chi connectivity index (χ1n) is 0.928. The van der Waals surface area contributed by atoms with Gasteiger partial charge in [0.1, 0.15) is 0 Å². The van der Waals surface area contributed by atoms with Crippen LogP contribution in [0.2, 0.25) is 0 Å². The van der Waals surface area contributed by atoms with Gasteiger partial charge in [0.05, 0.1) is 0 Å². The van der Waals surface area contributed by atoms with Crippen molar-refractivity contribution in [2.75, 3.05) is 0 Å². The number of hydrogen-bond acceptors (Lipinski definition) is 1. The van der Waals surface area contributed by atoms with Crippen LogP contribution in [0.1, 0.15) is 6.92 Å². The average molecular weight is 120 g/mol. The molecule has 0 aromatic rings. The second-order valence-electron chi connectivity index (χ2n) is 0.519. The summed E-state index contributed by atoms with van der Waals surface area (Å²) in [6.07, 6.45) is 0. The van der Waals surface area contributed by atoms with Crippen molar-refractivity contribution in [3.05, 3.63) is 0 Å². The minimum atomic E-state index is -0.833. The van der Waals surface area contributed by atoms with Crippen molar-refractivity contribution in [1.82, 2.24) is 0 Å². The Bertz CT molecular complexity index is 32.7. The molecule has 0 bridgehead atoms. The zero-order chi connectivity index (χ0) is 3.58. The van der Waals surface area contributed by atoms with Gasteiger partial charge in [0, 0.05) is 6.92 Å². The van der Waals surface area contributed by atoms with E-state index < -0.39 is 5.97 Å². The standard InChI is InChI=1S/C2H4O2.Na.2H2O.H/c1-2(3)4;;;;/h1H3,(H,3,4);;2*1H2;. The fraction of sp³-hybridized carbons (Fsp3) is 0.500. The maximum absolute atomic E-state index is 9.00. The van der Waals surface area contributed by atoms with E-state index in [0.29, 0.717) is 0 Å². The first kappa shape index (κ1) is 26.3. The molecule has 7 heavy (non-hydrogen) atoms. The fourth-order valence-electron chi connectivity index (χ4n) is 0. The van der Waals surface area contributed by atoms with Crippen LogP contribution >= 0.6 is 0 Å². The molecule has 4 nitrogen and oxygen atoms in total. The van der Waals surface area contributed by atoms with Crippen LogP contribution in [-0.4, -0.2) is 51.6 Å². The van der Waals surface area contributed by atoms with Gasteiger partial charge in [-0.05, 0) is 0 Å². The summed E-state index contributed by atoms with van der Waals surface area (Å²) in [5.74, 6) is -0.833. The molecule has 0 aliphatic carbocycles. The third-order valence-electron chi connectivity index (χ3n) is 0. The molecule has 0 saturated carbocycles. The summed E-state index contributed by atoms with van der Waals surface area (Å²) in [5, 5.41) is 7.42. The van der Waals surface area contributed by atoms with Gasteiger partial charge in [-0.1, -0.05) is 0 Å². The third kappa shape index (κ3) is 810. The van der Waals surface area contributed by atoms with Gasteiger partial charge >= 0.3 is 29.6 Å². The van der Waals surface area contributed by atoms with Gasteiger partial charge in [0.2, 0.25) is 0 Å². The molecule has 0 saturated heterocycles. The fourth-order valence-corrected chi connectivity index (χ4v) is 0. The van der Waals surface area contributed by atoms with Crippen LogP contribution in [0.4, 0.5) is 0 Å². The van der Waals surface area contributed by atoms with E-state index in [0.717, 1.165) is 6.92 Å². The van der Waals surface area contributed by atoms with Crippen molar-refractivity contribution < 1.29 is 20.9 Å². The van der Waals surface area contributed by atoms with Crippen molar-refractivity contribution in [3.63, 3.8) is 0 Å². The molecule has 0 aliphatic heterocycles. The van der Waals surface area contributed by atoms with Gasteiger partial charge in [-0.25, -0.2) is 0 Å². The van der Waals surface area contributed by atoms with Crippen LogP contribution in [0.25, 0.3) is 0 Å². The monoisotopic (exact) mass is 120 g/mol. The maximum atomic E-state index is 9.00. The third-order valence-corrected chi connectivity index (χ3v) is 0. The Balaban J connectivity index is -0.0000000150. The minimum absolute atomic E-state index is 0. The molecule has 0 fully saturated rings. The Morgan fingerprint density at radius 1 is 1.43 bits per heavy atom. The molecule has 0 amide bonds. The van der Waals surface area contributed by atoms with E-state index in [-0.39, 0.29) is 40.5 Å². The molecular formula is C2H9NaO4. The number of rotatable bonds is 0. The van der Waals surface area contributed by atoms with Gasteiger partial charge in [0.15, 0.2) is 0 Å². The topological polar surface area (TPSA) is 100 Å². The average Bonchev–Trinajstić information content (AvgIpc) is 0.811. The number of carbonyl (C=O) groups is 1. The zero-order valence-corrected chi connectivity index (χ0v) is 3.36. The summed E-state index contributed by atoms with van der Waals surface area (Å²) in [4.78, 5) is 9.00. The SMILES string of the molecule is CC(=O)O.O.O.[NaH]. The predicted octanol–water partition coefficient (Wildman–Crippen LogP) is -2.21. The molecule has 0 radical (unpaired) electrons. The van der Waals surface area contributed by atoms with Crippen molar-refractivity contribution >= 4 is 35.5 Å². The summed E-state index contributed by atoms with van der Waals surface area (Å²) in [6, 6.07) is 0. The van der Waals surface area contributed by atoms with Gasteiger partial charge in [-0.15, -0.1) is 0 Å². The van der Waals surface area contributed by atoms with Crippen LogP contribution in [0.5, 0.6) is 0 Å². The molecule has 0 heterocycles. The van der Waals surface area contributed by atoms with Crippen LogP contribution in [-0.2, 0) is 4.79 Å². The van der Waals surface area contributed by atoms with Crippen LogP contribution in [0, 0.1) is 0 Å². The normalized spacial score (nSPS) is 3.57. The molecule has 0 rings (SSSR count). The Morgan fingerprint density at radius 2 is 1.43 bits per heavy atom. The van der Waals surface area contributed by atoms with Gasteiger partial charge < -0.3 is 16.1 Å². The van der Waals surface area contributed by atoms with E-state index in [4.69, 9.17) is 9.90 Å². The van der Waals surface area contributed by atoms with E-state index in [1.165, 1.54) is 0 Å². The van der Waals surface area contributed by atoms with Gasteiger partial charge in [-0.2, -0.15) is 0 Å². The first-order chi connectivity index (χ1) is 1.73. The second kappa shape index (κ2) is 16.2. The summed E-state index contributed by atoms with van der Waals surface area (Å²) in [7, 11) is 0. The molecule has 0 aromatic heterocycles. The van der Waals surface area contributed by atoms with Crippen molar-refractivity contribution in [3.8, 4) is 0 Å². The van der Waals surface area contributed by atoms with Gasteiger partial charge in [-0.3, -0.25) is 4.79 Å². The van der Waals surface area contributed by atoms with Crippen molar-refractivity contribution in [1.29, 1.82) is 0 Å². The van der Waals surface area contributed by atoms with Crippen molar-refractivity contribution in [2.24, 2.45) is 0 Å². The molecule has 0 aromatic carbocycles. The van der Waals surface area contributed by atoms with E-state index in [1.807, 2.05) is 0 Å². The molecule has 0 unspecified atom stereocenters. The van der Waals surface area contributed by atoms with Crippen molar-refractivity contribution in [2.45, 2.75) is 6.92 Å².